The van der Waals surface area contributed by atoms with Crippen LogP contribution in [-0.4, -0.2) is 15.2 Å². The number of nitrogens with zero attached hydrogens (tertiary/aromatic N) is 4. The Labute approximate surface area is 462 Å². The number of benzene rings is 6. The molecule has 0 saturated heterocycles. The van der Waals surface area contributed by atoms with Gasteiger partial charge in [0, 0.05) is 60.5 Å². The average molecular weight is 1030 g/mol. The molecule has 4 aliphatic rings. The molecule has 396 valence electrons. The molecule has 3 unspecified atom stereocenters. The lowest BCUT2D eigenvalue weighted by atomic mass is 9.80. The third-order valence-electron chi connectivity index (χ3n) is 18.6. The van der Waals surface area contributed by atoms with Gasteiger partial charge in [0.1, 0.15) is 0 Å². The van der Waals surface area contributed by atoms with Crippen LogP contribution in [-0.2, 0) is 4.74 Å². The smallest absolute Gasteiger partial charge is 0.196 e. The monoisotopic (exact) mass is 1030 g/mol. The van der Waals surface area contributed by atoms with E-state index in [2.05, 4.69) is 245 Å². The fourth-order valence-corrected chi connectivity index (χ4v) is 16.4. The number of para-hydroxylation sites is 2. The molecule has 0 radical (unpaired) electrons. The van der Waals surface area contributed by atoms with E-state index in [1.807, 2.05) is 0 Å². The topological polar surface area (TPSA) is 25.1 Å². The van der Waals surface area contributed by atoms with Gasteiger partial charge in [-0.1, -0.05) is 116 Å². The second-order valence-electron chi connectivity index (χ2n) is 25.1. The molecule has 5 nitrogen and oxygen atoms in total. The Balaban J connectivity index is 1.03. The Kier molecular flexibility index (Phi) is 11.7. The van der Waals surface area contributed by atoms with Gasteiger partial charge in [-0.05, 0) is 208 Å². The van der Waals surface area contributed by atoms with E-state index in [0.29, 0.717) is 29.6 Å². The predicted octanol–water partition coefficient (Wildman–Crippen LogP) is 20.4. The van der Waals surface area contributed by atoms with Crippen LogP contribution < -0.4 is 9.80 Å². The zero-order valence-corrected chi connectivity index (χ0v) is 49.1. The van der Waals surface area contributed by atoms with Crippen molar-refractivity contribution in [1.29, 1.82) is 0 Å². The summed E-state index contributed by atoms with van der Waals surface area (Å²) in [4.78, 5) is 5.15. The van der Waals surface area contributed by atoms with Gasteiger partial charge >= 0.3 is 0 Å². The van der Waals surface area contributed by atoms with Crippen molar-refractivity contribution in [2.45, 2.75) is 148 Å². The van der Waals surface area contributed by atoms with Crippen LogP contribution >= 0.6 is 0 Å². The summed E-state index contributed by atoms with van der Waals surface area (Å²) in [5.74, 6) is 3.24. The highest BCUT2D eigenvalue weighted by atomic mass is 16.5. The molecule has 0 saturated carbocycles. The minimum Gasteiger partial charge on any atom is -0.471 e. The molecular weight excluding hydrogens is 949 g/mol. The molecule has 0 fully saturated rings. The summed E-state index contributed by atoms with van der Waals surface area (Å²) < 4.78 is 12.4. The molecule has 3 atom stereocenters. The summed E-state index contributed by atoms with van der Waals surface area (Å²) >= 11 is 0. The molecule has 0 amide bonds. The Morgan fingerprint density at radius 3 is 1.83 bits per heavy atom. The first-order valence-electron chi connectivity index (χ1n) is 29.2. The normalized spacial score (nSPS) is 18.8. The summed E-state index contributed by atoms with van der Waals surface area (Å²) in [7, 11) is 0. The minimum atomic E-state index is -0.328. The summed E-state index contributed by atoms with van der Waals surface area (Å²) in [5.41, 5.74) is 29.3. The van der Waals surface area contributed by atoms with Gasteiger partial charge in [-0.2, -0.15) is 0 Å². The largest absolute Gasteiger partial charge is 0.471 e. The fraction of sp³-hybridized carbons (Fsp3) is 0.342. The van der Waals surface area contributed by atoms with E-state index >= 15 is 0 Å². The van der Waals surface area contributed by atoms with E-state index in [9.17, 15) is 0 Å². The molecule has 78 heavy (non-hydrogen) atoms. The lowest BCUT2D eigenvalue weighted by Crippen LogP contribution is -2.34. The molecule has 5 heteroatoms. The Hall–Kier alpha value is -7.24. The van der Waals surface area contributed by atoms with Crippen LogP contribution in [0.1, 0.15) is 153 Å². The SMILES string of the molecule is CC1=CC(N(c2cc(C)c(C(C)C)c(C)c2)c2cccc3c2c2cccc4c5cc6c(cc5n3c42)c2cccc3c2n6C2CC=CC(N(C4=CC(C)=C(C(C)C)C(C)C4)c4cc(C)c(C(C)C)c(C)c4)=C32)OC(C)=C1C(C)C. The van der Waals surface area contributed by atoms with Crippen LogP contribution in [0, 0.1) is 45.4 Å². The van der Waals surface area contributed by atoms with Crippen molar-refractivity contribution < 1.29 is 4.74 Å². The molecule has 13 rings (SSSR count). The second kappa shape index (κ2) is 18.2. The molecule has 2 aliphatic heterocycles. The van der Waals surface area contributed by atoms with Gasteiger partial charge in [0.25, 0.3) is 0 Å². The Bertz CT molecular complexity index is 4200. The van der Waals surface area contributed by atoms with Crippen LogP contribution in [0.15, 0.2) is 155 Å². The summed E-state index contributed by atoms with van der Waals surface area (Å²) in [5, 5.41) is 7.73. The maximum absolute atomic E-state index is 7.08. The van der Waals surface area contributed by atoms with Crippen molar-refractivity contribution in [3.63, 3.8) is 0 Å². The van der Waals surface area contributed by atoms with Gasteiger partial charge in [-0.15, -0.1) is 0 Å². The van der Waals surface area contributed by atoms with Gasteiger partial charge in [0.05, 0.1) is 50.8 Å². The van der Waals surface area contributed by atoms with Crippen molar-refractivity contribution in [2.24, 2.45) is 17.8 Å². The van der Waals surface area contributed by atoms with Gasteiger partial charge in [-0.25, -0.2) is 0 Å². The van der Waals surface area contributed by atoms with Gasteiger partial charge < -0.3 is 23.5 Å². The van der Waals surface area contributed by atoms with Crippen LogP contribution in [0.4, 0.5) is 17.1 Å². The number of ether oxygens (including phenoxy) is 1. The number of anilines is 3. The standard InChI is InChI=1S/C73H78N4O/c1-38(2)66-42(9)29-50(30-43(66)10)74(51-31-44(11)67(39(3)4)45(12)32-51)59-25-19-27-61-70(59)55-23-17-21-53-57-37-64-58(36-63(57)76(61)72(53)55)54-22-18-24-56-71-60(26-20-28-62(71)77(64)73(54)56)75(52-33-46(13)68(40(5)6)47(14)34-52)65-35-48(15)69(41(7)8)49(16)78-65/h17-26,28-31,33-41,45,61,65H,27,32H2,1-16H3. The first-order chi connectivity index (χ1) is 37.3. The predicted molar refractivity (Wildman–Crippen MR) is 334 cm³/mol. The number of hydrogen-bond donors (Lipinski definition) is 0. The van der Waals surface area contributed by atoms with E-state index < -0.39 is 0 Å². The molecule has 2 aliphatic carbocycles. The van der Waals surface area contributed by atoms with E-state index in [4.69, 9.17) is 4.74 Å². The molecule has 3 aromatic heterocycles. The van der Waals surface area contributed by atoms with Crippen molar-refractivity contribution in [2.75, 3.05) is 9.80 Å². The fourth-order valence-electron chi connectivity index (χ4n) is 16.4. The second-order valence-corrected chi connectivity index (χ2v) is 25.1. The number of aromatic nitrogens is 2. The van der Waals surface area contributed by atoms with Crippen LogP contribution in [0.5, 0.6) is 0 Å². The zero-order chi connectivity index (χ0) is 54.7. The van der Waals surface area contributed by atoms with Crippen LogP contribution in [0.2, 0.25) is 0 Å². The Morgan fingerprint density at radius 2 is 1.21 bits per heavy atom. The van der Waals surface area contributed by atoms with E-state index in [1.165, 1.54) is 138 Å². The van der Waals surface area contributed by atoms with E-state index in [0.717, 1.165) is 30.0 Å². The van der Waals surface area contributed by atoms with Crippen molar-refractivity contribution in [3.05, 3.63) is 194 Å². The summed E-state index contributed by atoms with van der Waals surface area (Å²) in [6, 6.07) is 36.0. The number of fused-ring (bicyclic) bond motifs is 12. The molecule has 9 aromatic rings. The zero-order valence-electron chi connectivity index (χ0n) is 49.1. The van der Waals surface area contributed by atoms with Gasteiger partial charge in [0.15, 0.2) is 6.23 Å². The molecule has 6 aromatic carbocycles. The number of allylic oxidation sites excluding steroid dienone is 10. The molecule has 0 spiro atoms. The third-order valence-corrected chi connectivity index (χ3v) is 18.6. The third kappa shape index (κ3) is 7.24. The van der Waals surface area contributed by atoms with Crippen LogP contribution in [0.25, 0.3) is 65.5 Å². The quantitative estimate of drug-likeness (QED) is 0.136. The number of rotatable bonds is 10. The lowest BCUT2D eigenvalue weighted by Gasteiger charge is -2.38. The number of aryl methyl sites for hydroxylation is 4. The summed E-state index contributed by atoms with van der Waals surface area (Å²) in [6.45, 7) is 37.0. The van der Waals surface area contributed by atoms with E-state index in [1.54, 1.807) is 5.57 Å². The lowest BCUT2D eigenvalue weighted by molar-refractivity contribution is 0.150. The van der Waals surface area contributed by atoms with Crippen molar-refractivity contribution in [1.82, 2.24) is 8.97 Å². The van der Waals surface area contributed by atoms with Crippen molar-refractivity contribution >= 4 is 82.5 Å². The highest BCUT2D eigenvalue weighted by Gasteiger charge is 2.39. The van der Waals surface area contributed by atoms with Crippen molar-refractivity contribution in [3.8, 4) is 0 Å². The van der Waals surface area contributed by atoms with Crippen LogP contribution in [0.3, 0.4) is 0 Å². The Morgan fingerprint density at radius 1 is 0.603 bits per heavy atom. The molecule has 0 bridgehead atoms. The average Bonchev–Trinajstić information content (AvgIpc) is 3.17. The number of hydrogen-bond acceptors (Lipinski definition) is 3. The molecule has 5 heterocycles. The van der Waals surface area contributed by atoms with E-state index in [-0.39, 0.29) is 12.3 Å². The highest BCUT2D eigenvalue weighted by molar-refractivity contribution is 6.28. The maximum atomic E-state index is 7.08. The van der Waals surface area contributed by atoms with Gasteiger partial charge in [0.2, 0.25) is 0 Å². The highest BCUT2D eigenvalue weighted by Crippen LogP contribution is 2.55. The first kappa shape index (κ1) is 50.3. The summed E-state index contributed by atoms with van der Waals surface area (Å²) in [6.07, 6.45) is 11.4. The van der Waals surface area contributed by atoms with Gasteiger partial charge in [-0.3, -0.25) is 0 Å². The maximum Gasteiger partial charge on any atom is 0.196 e. The first-order valence-corrected chi connectivity index (χ1v) is 29.2. The molecular formula is C73H78N4O. The molecule has 0 N–H and O–H groups in total. The minimum absolute atomic E-state index is 0.159.